The average molecular weight is 1070 g/mol. The van der Waals surface area contributed by atoms with Crippen molar-refractivity contribution in [3.05, 3.63) is 185 Å². The molecular weight excluding hydrogens is 1020 g/mol. The van der Waals surface area contributed by atoms with Crippen LogP contribution in [0.2, 0.25) is 0 Å². The number of rotatable bonds is 16. The van der Waals surface area contributed by atoms with Crippen molar-refractivity contribution >= 4 is 75.5 Å². The Bertz CT molecular complexity index is 3320. The molecule has 388 valence electrons. The van der Waals surface area contributed by atoms with Gasteiger partial charge < -0.3 is 20.3 Å². The lowest BCUT2D eigenvalue weighted by molar-refractivity contribution is -0.274. The Kier molecular flexibility index (Phi) is 16.4. The van der Waals surface area contributed by atoms with Crippen LogP contribution in [0.3, 0.4) is 0 Å². The summed E-state index contributed by atoms with van der Waals surface area (Å²) in [5, 5.41) is 24.4. The number of para-hydroxylation sites is 1. The van der Waals surface area contributed by atoms with Gasteiger partial charge in [0.1, 0.15) is 24.3 Å². The second-order valence-electron chi connectivity index (χ2n) is 17.3. The summed E-state index contributed by atoms with van der Waals surface area (Å²) in [4.78, 5) is 17.1. The number of anilines is 2. The number of thioether (sulfide) groups is 2. The molecule has 1 aromatic heterocycles. The third-order valence-electron chi connectivity index (χ3n) is 12.2. The Balaban J connectivity index is 0.818. The highest BCUT2D eigenvalue weighted by Crippen LogP contribution is 2.37. The Morgan fingerprint density at radius 2 is 1.38 bits per heavy atom. The van der Waals surface area contributed by atoms with Crippen LogP contribution in [0, 0.1) is 0 Å². The fraction of sp³-hybridized carbons (Fsp3) is 0.200. The maximum atomic E-state index is 12.9. The molecule has 0 amide bonds. The number of nitrogens with zero attached hydrogens (tertiary/aromatic N) is 11. The maximum absolute atomic E-state index is 12.9. The first-order valence-corrected chi connectivity index (χ1v) is 25.9. The van der Waals surface area contributed by atoms with E-state index in [4.69, 9.17) is 5.73 Å². The molecule has 9 rings (SSSR count). The average Bonchev–Trinajstić information content (AvgIpc) is 4.22. The van der Waals surface area contributed by atoms with Crippen molar-refractivity contribution in [2.45, 2.75) is 45.1 Å². The summed E-state index contributed by atoms with van der Waals surface area (Å²) in [6.45, 7) is 6.00. The first-order valence-electron chi connectivity index (χ1n) is 23.9. The number of halogens is 6. The Hall–Kier alpha value is -8.04. The van der Waals surface area contributed by atoms with E-state index in [-0.39, 0.29) is 17.5 Å². The third-order valence-corrected chi connectivity index (χ3v) is 14.1. The normalized spacial score (nSPS) is 16.1. The van der Waals surface area contributed by atoms with E-state index in [0.29, 0.717) is 22.8 Å². The summed E-state index contributed by atoms with van der Waals surface area (Å²) < 4.78 is 81.8. The monoisotopic (exact) mass is 1070 g/mol. The molecule has 1 atom stereocenters. The van der Waals surface area contributed by atoms with E-state index in [1.807, 2.05) is 36.4 Å². The van der Waals surface area contributed by atoms with Crippen LogP contribution in [-0.4, -0.2) is 80.7 Å². The van der Waals surface area contributed by atoms with Gasteiger partial charge in [-0.05, 0) is 107 Å². The zero-order valence-corrected chi connectivity index (χ0v) is 42.5. The second kappa shape index (κ2) is 23.7. The number of hydrogen-bond acceptors (Lipinski definition) is 10. The highest BCUT2D eigenvalue weighted by Gasteiger charge is 2.32. The van der Waals surface area contributed by atoms with Gasteiger partial charge in [-0.3, -0.25) is 0 Å². The molecule has 2 fully saturated rings. The van der Waals surface area contributed by atoms with Crippen molar-refractivity contribution in [2.24, 2.45) is 36.1 Å². The number of aryl methyl sites for hydroxylation is 1. The molecule has 76 heavy (non-hydrogen) atoms. The van der Waals surface area contributed by atoms with E-state index in [9.17, 15) is 26.3 Å². The smallest absolute Gasteiger partial charge is 0.406 e. The van der Waals surface area contributed by atoms with Gasteiger partial charge in [-0.15, -0.1) is 28.5 Å². The molecule has 6 aromatic carbocycles. The number of ether oxygens (including phenoxy) is 1. The Morgan fingerprint density at radius 3 is 2.01 bits per heavy atom. The van der Waals surface area contributed by atoms with E-state index < -0.39 is 18.1 Å². The standard InChI is InChI=1S/C55H48F6N12OS2/c1-3-40-13-12-39(31-49(40)72-27-29-76-53(72)69-67-33-38-10-16-42(17-11-38)51-65-35-73(70-51)45-22-24-46(25-23-45)74-55(59,60)61)30-36(2)47-6-4-5-7-48(47)71-26-28-75-52(71)68-66-32-37-8-14-41(15-9-37)50(62)64-34-63-44-20-18-43(19-21-44)54(56,57)58/h4-25,31-36H,3,26-30H2,1-2H3,(H2,62,63,64)/b66-32+,67-33+,68-52-,69-53-. The minimum absolute atomic E-state index is 0.170. The summed E-state index contributed by atoms with van der Waals surface area (Å²) in [6, 6.07) is 39.8. The number of hydrogen-bond donors (Lipinski definition) is 1. The number of nitrogens with two attached hydrogens (primary N) is 1. The number of benzene rings is 6. The summed E-state index contributed by atoms with van der Waals surface area (Å²) in [5.74, 6) is 2.24. The fourth-order valence-electron chi connectivity index (χ4n) is 8.35. The van der Waals surface area contributed by atoms with Crippen LogP contribution in [0.5, 0.6) is 5.75 Å². The molecule has 3 heterocycles. The number of aliphatic imine (C=N–C) groups is 2. The van der Waals surface area contributed by atoms with Crippen molar-refractivity contribution in [1.29, 1.82) is 0 Å². The molecule has 21 heteroatoms. The van der Waals surface area contributed by atoms with Crippen LogP contribution >= 0.6 is 23.5 Å². The van der Waals surface area contributed by atoms with Crippen molar-refractivity contribution in [3.63, 3.8) is 0 Å². The van der Waals surface area contributed by atoms with Gasteiger partial charge in [-0.25, -0.2) is 19.7 Å². The lowest BCUT2D eigenvalue weighted by Gasteiger charge is -2.25. The third kappa shape index (κ3) is 13.4. The quantitative estimate of drug-likeness (QED) is 0.0435. The first-order chi connectivity index (χ1) is 36.7. The van der Waals surface area contributed by atoms with Gasteiger partial charge >= 0.3 is 12.5 Å². The molecule has 0 aliphatic carbocycles. The largest absolute Gasteiger partial charge is 0.573 e. The van der Waals surface area contributed by atoms with E-state index in [1.54, 1.807) is 48.1 Å². The van der Waals surface area contributed by atoms with Crippen molar-refractivity contribution < 1.29 is 31.1 Å². The topological polar surface area (TPSA) is 147 Å². The zero-order valence-electron chi connectivity index (χ0n) is 40.9. The van der Waals surface area contributed by atoms with E-state index in [1.165, 1.54) is 70.4 Å². The van der Waals surface area contributed by atoms with Crippen LogP contribution < -0.4 is 20.3 Å². The molecule has 0 saturated carbocycles. The maximum Gasteiger partial charge on any atom is 0.573 e. The molecule has 13 nitrogen and oxygen atoms in total. The van der Waals surface area contributed by atoms with E-state index in [2.05, 4.69) is 111 Å². The summed E-state index contributed by atoms with van der Waals surface area (Å²) in [7, 11) is 0. The molecule has 0 radical (unpaired) electrons. The van der Waals surface area contributed by atoms with Crippen molar-refractivity contribution in [3.8, 4) is 22.8 Å². The molecule has 2 saturated heterocycles. The van der Waals surface area contributed by atoms with Crippen LogP contribution in [0.1, 0.15) is 58.7 Å². The van der Waals surface area contributed by atoms with E-state index >= 15 is 0 Å². The second-order valence-corrected chi connectivity index (χ2v) is 19.5. The van der Waals surface area contributed by atoms with Gasteiger partial charge in [-0.2, -0.15) is 23.4 Å². The minimum atomic E-state index is -4.77. The van der Waals surface area contributed by atoms with Crippen LogP contribution in [0.15, 0.2) is 176 Å². The highest BCUT2D eigenvalue weighted by atomic mass is 32.2. The predicted molar refractivity (Wildman–Crippen MR) is 294 cm³/mol. The molecular formula is C55H48F6N12OS2. The number of alkyl halides is 6. The van der Waals surface area contributed by atoms with Crippen LogP contribution in [0.4, 0.5) is 43.4 Å². The van der Waals surface area contributed by atoms with Crippen molar-refractivity contribution in [1.82, 2.24) is 14.8 Å². The molecule has 0 spiro atoms. The Morgan fingerprint density at radius 1 is 0.750 bits per heavy atom. The van der Waals surface area contributed by atoms with Crippen LogP contribution in [0.25, 0.3) is 17.1 Å². The zero-order chi connectivity index (χ0) is 53.2. The molecule has 0 bridgehead atoms. The van der Waals surface area contributed by atoms with Crippen LogP contribution in [-0.2, 0) is 19.0 Å². The van der Waals surface area contributed by atoms with Crippen molar-refractivity contribution in [2.75, 3.05) is 34.4 Å². The van der Waals surface area contributed by atoms with Gasteiger partial charge in [0.2, 0.25) is 0 Å². The highest BCUT2D eigenvalue weighted by molar-refractivity contribution is 8.14. The fourth-order valence-corrected chi connectivity index (χ4v) is 10.2. The summed E-state index contributed by atoms with van der Waals surface area (Å²) in [5.41, 5.74) is 15.1. The molecule has 1 unspecified atom stereocenters. The molecule has 7 aromatic rings. The van der Waals surface area contributed by atoms with Gasteiger partial charge in [-0.1, -0.05) is 116 Å². The lowest BCUT2D eigenvalue weighted by atomic mass is 9.91. The summed E-state index contributed by atoms with van der Waals surface area (Å²) >= 11 is 3.32. The molecule has 2 aliphatic rings. The number of aromatic nitrogens is 3. The predicted octanol–water partition coefficient (Wildman–Crippen LogP) is 12.7. The summed E-state index contributed by atoms with van der Waals surface area (Å²) in [6.07, 6.45) is -1.45. The van der Waals surface area contributed by atoms with E-state index in [0.717, 1.165) is 88.0 Å². The minimum Gasteiger partial charge on any atom is -0.406 e. The molecule has 2 N–H and O–H groups in total. The first kappa shape index (κ1) is 52.8. The van der Waals surface area contributed by atoms with Gasteiger partial charge in [0.25, 0.3) is 0 Å². The van der Waals surface area contributed by atoms with Gasteiger partial charge in [0.05, 0.1) is 29.4 Å². The lowest BCUT2D eigenvalue weighted by Crippen LogP contribution is -2.25. The van der Waals surface area contributed by atoms with Gasteiger partial charge in [0, 0.05) is 47.1 Å². The SMILES string of the molecule is CCc1ccc(CC(C)c2ccccc2N2CCS/C2=N\N=C\c2ccc(C(N)=NC=Nc3ccc(C(F)(F)F)cc3)cc2)cc1N1CCS/C1=N\N=C\c1ccc(-c2ncn(-c3ccc(OC(F)(F)F)cc3)n2)cc1. The number of amidine groups is 3. The molecule has 2 aliphatic heterocycles. The van der Waals surface area contributed by atoms with Gasteiger partial charge in [0.15, 0.2) is 16.2 Å². The Labute approximate surface area is 442 Å².